The molecular formula is C16H17FO2. The Labute approximate surface area is 112 Å². The van der Waals surface area contributed by atoms with Crippen LogP contribution in [0, 0.1) is 12.7 Å². The van der Waals surface area contributed by atoms with Crippen LogP contribution in [0.4, 0.5) is 4.39 Å². The molecule has 0 saturated heterocycles. The number of ether oxygens (including phenoxy) is 1. The van der Waals surface area contributed by atoms with Crippen LogP contribution >= 0.6 is 0 Å². The van der Waals surface area contributed by atoms with Gasteiger partial charge in [-0.2, -0.15) is 0 Å². The Bertz CT molecular complexity index is 540. The summed E-state index contributed by atoms with van der Waals surface area (Å²) in [7, 11) is 0. The van der Waals surface area contributed by atoms with Gasteiger partial charge >= 0.3 is 0 Å². The molecule has 1 unspecified atom stereocenters. The second-order valence-electron chi connectivity index (χ2n) is 4.53. The lowest BCUT2D eigenvalue weighted by Crippen LogP contribution is -2.15. The van der Waals surface area contributed by atoms with Gasteiger partial charge in [0.05, 0.1) is 13.2 Å². The van der Waals surface area contributed by atoms with Crippen molar-refractivity contribution >= 4 is 0 Å². The van der Waals surface area contributed by atoms with Crippen LogP contribution in [-0.4, -0.2) is 18.3 Å². The molecule has 2 rings (SSSR count). The minimum absolute atomic E-state index is 0.146. The Hall–Kier alpha value is -1.87. The van der Waals surface area contributed by atoms with Crippen molar-refractivity contribution in [2.45, 2.75) is 12.8 Å². The molecule has 2 aromatic rings. The molecule has 1 N–H and O–H groups in total. The summed E-state index contributed by atoms with van der Waals surface area (Å²) in [5.41, 5.74) is 1.58. The minimum atomic E-state index is -0.360. The van der Waals surface area contributed by atoms with Gasteiger partial charge < -0.3 is 9.84 Å². The SMILES string of the molecule is Cc1cccc(OCC(CO)c2ccccc2F)c1. The summed E-state index contributed by atoms with van der Waals surface area (Å²) in [6.45, 7) is 2.08. The van der Waals surface area contributed by atoms with E-state index in [9.17, 15) is 9.50 Å². The van der Waals surface area contributed by atoms with Crippen LogP contribution in [0.15, 0.2) is 48.5 Å². The Morgan fingerprint density at radius 3 is 2.63 bits per heavy atom. The van der Waals surface area contributed by atoms with Gasteiger partial charge in [0.1, 0.15) is 11.6 Å². The number of aryl methyl sites for hydroxylation is 1. The van der Waals surface area contributed by atoms with E-state index in [2.05, 4.69) is 0 Å². The lowest BCUT2D eigenvalue weighted by Gasteiger charge is -2.16. The van der Waals surface area contributed by atoms with Crippen molar-refractivity contribution in [2.75, 3.05) is 13.2 Å². The third kappa shape index (κ3) is 3.55. The van der Waals surface area contributed by atoms with Gasteiger partial charge in [0.15, 0.2) is 0 Å². The molecule has 0 amide bonds. The van der Waals surface area contributed by atoms with Gasteiger partial charge in [0.2, 0.25) is 0 Å². The first-order valence-corrected chi connectivity index (χ1v) is 6.25. The lowest BCUT2D eigenvalue weighted by molar-refractivity contribution is 0.202. The fourth-order valence-corrected chi connectivity index (χ4v) is 1.95. The standard InChI is InChI=1S/C16H17FO2/c1-12-5-4-6-14(9-12)19-11-13(10-18)15-7-2-3-8-16(15)17/h2-9,13,18H,10-11H2,1H3. The summed E-state index contributed by atoms with van der Waals surface area (Å²) < 4.78 is 19.3. The number of benzene rings is 2. The second kappa shape index (κ2) is 6.34. The van der Waals surface area contributed by atoms with Crippen LogP contribution in [0.2, 0.25) is 0 Å². The molecule has 0 radical (unpaired) electrons. The molecule has 0 aliphatic carbocycles. The third-order valence-electron chi connectivity index (χ3n) is 3.01. The molecule has 0 bridgehead atoms. The summed E-state index contributed by atoms with van der Waals surface area (Å²) in [5.74, 6) is 0.0610. The van der Waals surface area contributed by atoms with Crippen molar-refractivity contribution in [3.8, 4) is 5.75 Å². The van der Waals surface area contributed by atoms with Crippen molar-refractivity contribution in [3.63, 3.8) is 0 Å². The molecule has 2 nitrogen and oxygen atoms in total. The van der Waals surface area contributed by atoms with Gasteiger partial charge in [-0.05, 0) is 36.2 Å². The van der Waals surface area contributed by atoms with Gasteiger partial charge in [-0.15, -0.1) is 0 Å². The molecule has 0 fully saturated rings. The molecule has 1 atom stereocenters. The zero-order valence-electron chi connectivity index (χ0n) is 10.8. The van der Waals surface area contributed by atoms with Crippen LogP contribution < -0.4 is 4.74 Å². The lowest BCUT2D eigenvalue weighted by atomic mass is 10.0. The number of aliphatic hydroxyl groups is 1. The van der Waals surface area contributed by atoms with Crippen molar-refractivity contribution in [3.05, 3.63) is 65.5 Å². The molecule has 0 heterocycles. The van der Waals surface area contributed by atoms with Crippen LogP contribution in [0.3, 0.4) is 0 Å². The topological polar surface area (TPSA) is 29.5 Å². The van der Waals surface area contributed by atoms with Gasteiger partial charge in [0, 0.05) is 5.92 Å². The fourth-order valence-electron chi connectivity index (χ4n) is 1.95. The fraction of sp³-hybridized carbons (Fsp3) is 0.250. The number of hydrogen-bond donors (Lipinski definition) is 1. The van der Waals surface area contributed by atoms with Crippen LogP contribution in [0.1, 0.15) is 17.0 Å². The average molecular weight is 260 g/mol. The van der Waals surface area contributed by atoms with Crippen LogP contribution in [0.5, 0.6) is 5.75 Å². The number of rotatable bonds is 5. The predicted octanol–water partition coefficient (Wildman–Crippen LogP) is 3.29. The highest BCUT2D eigenvalue weighted by Crippen LogP contribution is 2.21. The largest absolute Gasteiger partial charge is 0.493 e. The monoisotopic (exact) mass is 260 g/mol. The Morgan fingerprint density at radius 1 is 1.16 bits per heavy atom. The van der Waals surface area contributed by atoms with Gasteiger partial charge in [-0.3, -0.25) is 0 Å². The van der Waals surface area contributed by atoms with Gasteiger partial charge in [-0.1, -0.05) is 30.3 Å². The van der Waals surface area contributed by atoms with E-state index in [4.69, 9.17) is 4.74 Å². The van der Waals surface area contributed by atoms with E-state index in [1.807, 2.05) is 31.2 Å². The van der Waals surface area contributed by atoms with Gasteiger partial charge in [0.25, 0.3) is 0 Å². The highest BCUT2D eigenvalue weighted by Gasteiger charge is 2.15. The molecule has 0 spiro atoms. The maximum atomic E-state index is 13.6. The Morgan fingerprint density at radius 2 is 1.95 bits per heavy atom. The first-order valence-electron chi connectivity index (χ1n) is 6.25. The Balaban J connectivity index is 2.06. The van der Waals surface area contributed by atoms with Crippen LogP contribution in [-0.2, 0) is 0 Å². The quantitative estimate of drug-likeness (QED) is 0.894. The van der Waals surface area contributed by atoms with Crippen LogP contribution in [0.25, 0.3) is 0 Å². The second-order valence-corrected chi connectivity index (χ2v) is 4.53. The number of halogens is 1. The summed E-state index contributed by atoms with van der Waals surface area (Å²) in [6.07, 6.45) is 0. The number of aliphatic hydroxyl groups excluding tert-OH is 1. The van der Waals surface area contributed by atoms with E-state index in [0.717, 1.165) is 11.3 Å². The molecule has 3 heteroatoms. The normalized spacial score (nSPS) is 12.2. The zero-order valence-corrected chi connectivity index (χ0v) is 10.8. The highest BCUT2D eigenvalue weighted by atomic mass is 19.1. The first kappa shape index (κ1) is 13.6. The van der Waals surface area contributed by atoms with E-state index in [1.165, 1.54) is 6.07 Å². The molecule has 0 aromatic heterocycles. The molecule has 0 aliphatic rings. The van der Waals surface area contributed by atoms with E-state index in [1.54, 1.807) is 18.2 Å². The number of hydrogen-bond acceptors (Lipinski definition) is 2. The highest BCUT2D eigenvalue weighted by molar-refractivity contribution is 5.28. The smallest absolute Gasteiger partial charge is 0.126 e. The average Bonchev–Trinajstić information content (AvgIpc) is 2.41. The van der Waals surface area contributed by atoms with E-state index in [-0.39, 0.29) is 24.9 Å². The Kier molecular flexibility index (Phi) is 4.53. The predicted molar refractivity (Wildman–Crippen MR) is 72.9 cm³/mol. The summed E-state index contributed by atoms with van der Waals surface area (Å²) >= 11 is 0. The minimum Gasteiger partial charge on any atom is -0.493 e. The molecule has 0 aliphatic heterocycles. The van der Waals surface area contributed by atoms with Gasteiger partial charge in [-0.25, -0.2) is 4.39 Å². The molecule has 19 heavy (non-hydrogen) atoms. The maximum Gasteiger partial charge on any atom is 0.126 e. The van der Waals surface area contributed by atoms with Crippen molar-refractivity contribution in [1.29, 1.82) is 0 Å². The molecule has 2 aromatic carbocycles. The molecule has 100 valence electrons. The summed E-state index contributed by atoms with van der Waals surface area (Å²) in [5, 5.41) is 9.39. The summed E-state index contributed by atoms with van der Waals surface area (Å²) in [6, 6.07) is 14.1. The van der Waals surface area contributed by atoms with Crippen molar-refractivity contribution < 1.29 is 14.2 Å². The first-order chi connectivity index (χ1) is 9.20. The zero-order chi connectivity index (χ0) is 13.7. The van der Waals surface area contributed by atoms with Crippen molar-refractivity contribution in [1.82, 2.24) is 0 Å². The third-order valence-corrected chi connectivity index (χ3v) is 3.01. The van der Waals surface area contributed by atoms with E-state index in [0.29, 0.717) is 5.56 Å². The summed E-state index contributed by atoms with van der Waals surface area (Å²) in [4.78, 5) is 0. The maximum absolute atomic E-state index is 13.6. The van der Waals surface area contributed by atoms with Crippen molar-refractivity contribution in [2.24, 2.45) is 0 Å². The van der Waals surface area contributed by atoms with E-state index < -0.39 is 0 Å². The molecular weight excluding hydrogens is 243 g/mol. The molecule has 0 saturated carbocycles. The van der Waals surface area contributed by atoms with E-state index >= 15 is 0 Å².